The Kier molecular flexibility index (Phi) is 6.66. The lowest BCUT2D eigenvalue weighted by molar-refractivity contribution is -0.122. The Hall–Kier alpha value is -3.51. The van der Waals surface area contributed by atoms with Crippen molar-refractivity contribution in [1.29, 1.82) is 0 Å². The van der Waals surface area contributed by atoms with Crippen LogP contribution in [0.15, 0.2) is 28.6 Å². The monoisotopic (exact) mass is 538 g/mol. The number of benzene rings is 2. The summed E-state index contributed by atoms with van der Waals surface area (Å²) in [6.45, 7) is 7.85. The van der Waals surface area contributed by atoms with Gasteiger partial charge in [-0.15, -0.1) is 0 Å². The van der Waals surface area contributed by atoms with Crippen molar-refractivity contribution in [2.75, 3.05) is 39.3 Å². The molecule has 0 amide bonds. The van der Waals surface area contributed by atoms with E-state index in [1.165, 1.54) is 6.92 Å². The van der Waals surface area contributed by atoms with Crippen molar-refractivity contribution in [3.05, 3.63) is 45.7 Å². The number of nitrogens with two attached hydrogens (primary N) is 1. The zero-order valence-electron chi connectivity index (χ0n) is 22.2. The van der Waals surface area contributed by atoms with E-state index in [0.29, 0.717) is 54.8 Å². The summed E-state index contributed by atoms with van der Waals surface area (Å²) in [5.41, 5.74) is 4.89. The number of aromatic hydroxyl groups is 2. The maximum atomic E-state index is 14.0. The molecule has 2 aromatic carbocycles. The van der Waals surface area contributed by atoms with Crippen molar-refractivity contribution < 1.29 is 35.1 Å². The third-order valence-corrected chi connectivity index (χ3v) is 8.54. The van der Waals surface area contributed by atoms with E-state index in [9.17, 15) is 30.0 Å². The van der Waals surface area contributed by atoms with E-state index >= 15 is 0 Å². The molecule has 7 N–H and O–H groups in total. The summed E-state index contributed by atoms with van der Waals surface area (Å²) in [6, 6.07) is 2.12. The Morgan fingerprint density at radius 2 is 1.77 bits per heavy atom. The van der Waals surface area contributed by atoms with Gasteiger partial charge >= 0.3 is 0 Å². The first-order valence-electron chi connectivity index (χ1n) is 13.0. The van der Waals surface area contributed by atoms with E-state index in [1.807, 2.05) is 0 Å². The molecule has 1 aliphatic heterocycles. The topological polar surface area (TPSA) is 180 Å². The summed E-state index contributed by atoms with van der Waals surface area (Å²) >= 11 is 0. The molecule has 2 aromatic rings. The number of carbonyl (C=O) groups excluding carboxylic acids is 2. The molecule has 1 heterocycles. The summed E-state index contributed by atoms with van der Waals surface area (Å²) < 4.78 is 0. The number of aryl methyl sites for hydroxylation is 2. The smallest absolute Gasteiger partial charge is 0.206 e. The highest BCUT2D eigenvalue weighted by Crippen LogP contribution is 2.50. The van der Waals surface area contributed by atoms with E-state index in [-0.39, 0.29) is 41.0 Å². The number of β-amino-alcohol motifs (C(OH)–C–C–N with tert-alkyl or cyclic N) is 1. The van der Waals surface area contributed by atoms with Crippen molar-refractivity contribution in [1.82, 2.24) is 9.91 Å². The summed E-state index contributed by atoms with van der Waals surface area (Å²) in [5.74, 6) is -4.29. The van der Waals surface area contributed by atoms with Crippen LogP contribution in [0.4, 0.5) is 0 Å². The minimum atomic E-state index is -2.57. The summed E-state index contributed by atoms with van der Waals surface area (Å²) in [5, 5.41) is 61.1. The predicted octanol–water partition coefficient (Wildman–Crippen LogP) is 0.662. The molecule has 3 aliphatic rings. The molecule has 0 saturated carbocycles. The van der Waals surface area contributed by atoms with E-state index < -0.39 is 40.6 Å². The number of hydrogen-bond acceptors (Lipinski definition) is 11. The second-order valence-corrected chi connectivity index (χ2v) is 10.7. The third-order valence-electron chi connectivity index (χ3n) is 8.54. The van der Waals surface area contributed by atoms with E-state index in [2.05, 4.69) is 10.0 Å². The lowest BCUT2D eigenvalue weighted by Crippen LogP contribution is -2.63. The zero-order valence-corrected chi connectivity index (χ0v) is 22.2. The molecule has 0 aromatic heterocycles. The van der Waals surface area contributed by atoms with Crippen molar-refractivity contribution in [2.24, 2.45) is 16.8 Å². The molecular formula is C28H34N4O7. The number of fused-ring (bicyclic) bond motifs is 3. The first-order valence-corrected chi connectivity index (χ1v) is 13.0. The number of phenolic OH excluding ortho intramolecular Hbond substituents is 2. The number of carbonyl (C=O) groups is 2. The van der Waals surface area contributed by atoms with Crippen LogP contribution in [0.2, 0.25) is 0 Å². The quantitative estimate of drug-likeness (QED) is 0.303. The van der Waals surface area contributed by atoms with Crippen molar-refractivity contribution >= 4 is 28.1 Å². The zero-order chi connectivity index (χ0) is 28.4. The van der Waals surface area contributed by atoms with Gasteiger partial charge in [-0.05, 0) is 49.3 Å². The average Bonchev–Trinajstić information content (AvgIpc) is 2.90. The Labute approximate surface area is 225 Å². The normalized spacial score (nSPS) is 26.3. The molecule has 3 atom stereocenters. The van der Waals surface area contributed by atoms with Crippen LogP contribution in [0.25, 0.3) is 10.8 Å². The standard InChI is InChI=1S/C28H34N4O7/c1-13-4-5-16-14(2)17-12-18-22(29)25(36)19(15(3)30-32-8-6-31(7-9-32)10-11-33)26(37)28(18,39)27(38)21(17)24(35)20(16)23(13)34/h4-5,18,22,33-35,37,39H,6-12,29H2,1-3H3/b30-15+/t18-,22+,28+/m0/s1. The first kappa shape index (κ1) is 27.1. The molecule has 0 radical (unpaired) electrons. The minimum absolute atomic E-state index is 0.0468. The number of Topliss-reactive ketones (excluding diaryl/α,β-unsaturated/α-hetero) is 2. The SMILES string of the molecule is C/C(=N\N1CCN(CCO)CC1)C1=C(O)[C@@]2(O)C(=O)c3c(c(C)c4ccc(C)c(O)c4c3O)C[C@H]2[C@@H](N)C1=O. The van der Waals surface area contributed by atoms with Crippen LogP contribution >= 0.6 is 0 Å². The van der Waals surface area contributed by atoms with Crippen LogP contribution in [0.1, 0.15) is 34.0 Å². The molecule has 39 heavy (non-hydrogen) atoms. The number of hydrazone groups is 1. The first-order chi connectivity index (χ1) is 18.4. The lowest BCUT2D eigenvalue weighted by atomic mass is 9.61. The summed E-state index contributed by atoms with van der Waals surface area (Å²) in [4.78, 5) is 29.5. The highest BCUT2D eigenvalue weighted by Gasteiger charge is 2.60. The fourth-order valence-corrected chi connectivity index (χ4v) is 6.23. The summed E-state index contributed by atoms with van der Waals surface area (Å²) in [7, 11) is 0. The van der Waals surface area contributed by atoms with Gasteiger partial charge in [0, 0.05) is 38.6 Å². The fourth-order valence-electron chi connectivity index (χ4n) is 6.23. The molecule has 11 nitrogen and oxygen atoms in total. The highest BCUT2D eigenvalue weighted by molar-refractivity contribution is 6.26. The molecule has 0 bridgehead atoms. The predicted molar refractivity (Wildman–Crippen MR) is 144 cm³/mol. The fraction of sp³-hybridized carbons (Fsp3) is 0.464. The number of ketones is 2. The van der Waals surface area contributed by atoms with Crippen molar-refractivity contribution in [2.45, 2.75) is 38.8 Å². The van der Waals surface area contributed by atoms with Gasteiger partial charge in [0.1, 0.15) is 17.3 Å². The van der Waals surface area contributed by atoms with Crippen molar-refractivity contribution in [3.8, 4) is 11.5 Å². The molecular weight excluding hydrogens is 504 g/mol. The van der Waals surface area contributed by atoms with Crippen LogP contribution in [-0.2, 0) is 11.2 Å². The maximum Gasteiger partial charge on any atom is 0.206 e. The number of phenols is 2. The van der Waals surface area contributed by atoms with Gasteiger partial charge in [0.05, 0.1) is 34.9 Å². The molecule has 11 heteroatoms. The molecule has 2 aliphatic carbocycles. The Balaban J connectivity index is 1.61. The van der Waals surface area contributed by atoms with Gasteiger partial charge < -0.3 is 31.3 Å². The van der Waals surface area contributed by atoms with Crippen LogP contribution < -0.4 is 5.73 Å². The van der Waals surface area contributed by atoms with Gasteiger partial charge in [-0.2, -0.15) is 5.10 Å². The molecule has 208 valence electrons. The molecule has 0 spiro atoms. The number of aliphatic hydroxyl groups is 3. The Bertz CT molecular complexity index is 1460. The molecule has 0 unspecified atom stereocenters. The van der Waals surface area contributed by atoms with Crippen LogP contribution in [0, 0.1) is 19.8 Å². The Morgan fingerprint density at radius 1 is 1.10 bits per heavy atom. The molecule has 1 saturated heterocycles. The van der Waals surface area contributed by atoms with E-state index in [4.69, 9.17) is 10.8 Å². The third kappa shape index (κ3) is 3.91. The van der Waals surface area contributed by atoms with Gasteiger partial charge in [0.15, 0.2) is 11.4 Å². The number of hydrogen-bond donors (Lipinski definition) is 6. The summed E-state index contributed by atoms with van der Waals surface area (Å²) in [6.07, 6.45) is -0.0468. The van der Waals surface area contributed by atoms with Crippen molar-refractivity contribution in [3.63, 3.8) is 0 Å². The van der Waals surface area contributed by atoms with Crippen LogP contribution in [0.5, 0.6) is 11.5 Å². The van der Waals surface area contributed by atoms with Crippen LogP contribution in [0.3, 0.4) is 0 Å². The minimum Gasteiger partial charge on any atom is -0.508 e. The van der Waals surface area contributed by atoms with E-state index in [0.717, 1.165) is 0 Å². The highest BCUT2D eigenvalue weighted by atomic mass is 16.3. The van der Waals surface area contributed by atoms with E-state index in [1.54, 1.807) is 31.0 Å². The van der Waals surface area contributed by atoms with Gasteiger partial charge in [-0.1, -0.05) is 12.1 Å². The van der Waals surface area contributed by atoms with Gasteiger partial charge in [-0.25, -0.2) is 0 Å². The van der Waals surface area contributed by atoms with Gasteiger partial charge in [-0.3, -0.25) is 19.5 Å². The Morgan fingerprint density at radius 3 is 2.41 bits per heavy atom. The number of piperazine rings is 1. The number of aliphatic hydroxyl groups excluding tert-OH is 2. The second-order valence-electron chi connectivity index (χ2n) is 10.7. The maximum absolute atomic E-state index is 14.0. The van der Waals surface area contributed by atoms with Gasteiger partial charge in [0.2, 0.25) is 5.78 Å². The average molecular weight is 539 g/mol. The second kappa shape index (κ2) is 9.60. The molecule has 5 rings (SSSR count). The van der Waals surface area contributed by atoms with Gasteiger partial charge in [0.25, 0.3) is 0 Å². The number of rotatable bonds is 4. The largest absolute Gasteiger partial charge is 0.508 e. The lowest BCUT2D eigenvalue weighted by Gasteiger charge is -2.45. The number of nitrogens with zero attached hydrogens (tertiary/aromatic N) is 3. The van der Waals surface area contributed by atoms with Crippen LogP contribution in [-0.4, -0.2) is 104 Å². The molecule has 1 fully saturated rings.